The van der Waals surface area contributed by atoms with Gasteiger partial charge in [0.1, 0.15) is 12.4 Å². The first-order chi connectivity index (χ1) is 9.37. The van der Waals surface area contributed by atoms with E-state index in [4.69, 9.17) is 10.5 Å². The van der Waals surface area contributed by atoms with Crippen molar-refractivity contribution < 1.29 is 13.2 Å². The highest BCUT2D eigenvalue weighted by Gasteiger charge is 2.20. The van der Waals surface area contributed by atoms with Crippen LogP contribution in [-0.4, -0.2) is 65.0 Å². The number of hydrogen-bond acceptors (Lipinski definition) is 5. The molecule has 0 amide bonds. The molecule has 7 heteroatoms. The summed E-state index contributed by atoms with van der Waals surface area (Å²) < 4.78 is 31.3. The predicted molar refractivity (Wildman–Crippen MR) is 79.4 cm³/mol. The number of ether oxygens (including phenoxy) is 1. The van der Waals surface area contributed by atoms with E-state index in [1.54, 1.807) is 31.3 Å². The molecule has 1 rings (SSSR count). The Morgan fingerprint density at radius 3 is 2.20 bits per heavy atom. The Morgan fingerprint density at radius 2 is 1.70 bits per heavy atom. The van der Waals surface area contributed by atoms with Crippen molar-refractivity contribution in [3.05, 3.63) is 24.3 Å². The van der Waals surface area contributed by atoms with Crippen LogP contribution in [0.1, 0.15) is 0 Å². The van der Waals surface area contributed by atoms with Gasteiger partial charge in [0, 0.05) is 26.7 Å². The second-order valence-corrected chi connectivity index (χ2v) is 6.78. The summed E-state index contributed by atoms with van der Waals surface area (Å²) in [6.07, 6.45) is 0. The molecule has 0 fully saturated rings. The van der Waals surface area contributed by atoms with Crippen LogP contribution in [0.25, 0.3) is 0 Å². The van der Waals surface area contributed by atoms with Crippen molar-refractivity contribution >= 4 is 10.0 Å². The molecule has 0 heterocycles. The van der Waals surface area contributed by atoms with Gasteiger partial charge < -0.3 is 15.4 Å². The molecule has 0 bridgehead atoms. The monoisotopic (exact) mass is 301 g/mol. The van der Waals surface area contributed by atoms with Gasteiger partial charge in [-0.05, 0) is 38.4 Å². The molecule has 1 aromatic rings. The Labute approximate surface area is 121 Å². The van der Waals surface area contributed by atoms with Crippen molar-refractivity contribution in [2.75, 3.05) is 47.4 Å². The van der Waals surface area contributed by atoms with E-state index in [1.165, 1.54) is 4.31 Å². The predicted octanol–water partition coefficient (Wildman–Crippen LogP) is 0.206. The van der Waals surface area contributed by atoms with E-state index in [2.05, 4.69) is 0 Å². The second kappa shape index (κ2) is 7.58. The third-order valence-corrected chi connectivity index (χ3v) is 4.65. The summed E-state index contributed by atoms with van der Waals surface area (Å²) >= 11 is 0. The molecule has 2 N–H and O–H groups in total. The van der Waals surface area contributed by atoms with Crippen LogP contribution in [0.4, 0.5) is 0 Å². The van der Waals surface area contributed by atoms with Gasteiger partial charge >= 0.3 is 0 Å². The van der Waals surface area contributed by atoms with Gasteiger partial charge in [0.25, 0.3) is 0 Å². The molecule has 20 heavy (non-hydrogen) atoms. The quantitative estimate of drug-likeness (QED) is 0.742. The highest BCUT2D eigenvalue weighted by Crippen LogP contribution is 2.18. The maximum atomic E-state index is 12.3. The minimum Gasteiger partial charge on any atom is -0.492 e. The number of benzene rings is 1. The van der Waals surface area contributed by atoms with E-state index in [9.17, 15) is 8.42 Å². The standard InChI is InChI=1S/C13H23N3O3S/c1-15(2)9-10-16(3)20(17,18)13-6-4-12(5-7-13)19-11-8-14/h4-7H,8-11,14H2,1-3H3. The smallest absolute Gasteiger partial charge is 0.242 e. The van der Waals surface area contributed by atoms with Crippen molar-refractivity contribution in [2.24, 2.45) is 5.73 Å². The molecule has 1 aromatic carbocycles. The van der Waals surface area contributed by atoms with E-state index in [-0.39, 0.29) is 4.90 Å². The molecule has 0 saturated carbocycles. The molecule has 0 atom stereocenters. The van der Waals surface area contributed by atoms with Gasteiger partial charge in [0.15, 0.2) is 0 Å². The highest BCUT2D eigenvalue weighted by molar-refractivity contribution is 7.89. The maximum Gasteiger partial charge on any atom is 0.242 e. The van der Waals surface area contributed by atoms with Crippen LogP contribution in [-0.2, 0) is 10.0 Å². The number of sulfonamides is 1. The molecule has 114 valence electrons. The molecule has 0 aliphatic carbocycles. The Kier molecular flexibility index (Phi) is 6.41. The van der Waals surface area contributed by atoms with Crippen molar-refractivity contribution in [1.82, 2.24) is 9.21 Å². The molecule has 0 aliphatic heterocycles. The highest BCUT2D eigenvalue weighted by atomic mass is 32.2. The number of likely N-dealkylation sites (N-methyl/N-ethyl adjacent to an activating group) is 2. The van der Waals surface area contributed by atoms with Crippen LogP contribution in [0.2, 0.25) is 0 Å². The SMILES string of the molecule is CN(C)CCN(C)S(=O)(=O)c1ccc(OCCN)cc1. The molecule has 0 aliphatic rings. The van der Waals surface area contributed by atoms with Crippen LogP contribution in [0.5, 0.6) is 5.75 Å². The van der Waals surface area contributed by atoms with Crippen LogP contribution < -0.4 is 10.5 Å². The fourth-order valence-electron chi connectivity index (χ4n) is 1.53. The van der Waals surface area contributed by atoms with Crippen molar-refractivity contribution in [2.45, 2.75) is 4.90 Å². The van der Waals surface area contributed by atoms with Gasteiger partial charge in [-0.2, -0.15) is 4.31 Å². The zero-order valence-electron chi connectivity index (χ0n) is 12.2. The first-order valence-electron chi connectivity index (χ1n) is 6.42. The fraction of sp³-hybridized carbons (Fsp3) is 0.538. The number of hydrogen-bond donors (Lipinski definition) is 1. The van der Waals surface area contributed by atoms with Crippen LogP contribution in [0, 0.1) is 0 Å². The van der Waals surface area contributed by atoms with E-state index in [1.807, 2.05) is 19.0 Å². The second-order valence-electron chi connectivity index (χ2n) is 4.74. The summed E-state index contributed by atoms with van der Waals surface area (Å²) in [5, 5.41) is 0. The Morgan fingerprint density at radius 1 is 1.10 bits per heavy atom. The van der Waals surface area contributed by atoms with E-state index in [0.717, 1.165) is 0 Å². The molecule has 0 saturated heterocycles. The minimum absolute atomic E-state index is 0.263. The molecule has 0 spiro atoms. The van der Waals surface area contributed by atoms with Crippen LogP contribution in [0.15, 0.2) is 29.2 Å². The van der Waals surface area contributed by atoms with Crippen molar-refractivity contribution in [1.29, 1.82) is 0 Å². The molecule has 0 unspecified atom stereocenters. The lowest BCUT2D eigenvalue weighted by molar-refractivity contribution is 0.328. The van der Waals surface area contributed by atoms with E-state index >= 15 is 0 Å². The maximum absolute atomic E-state index is 12.3. The fourth-order valence-corrected chi connectivity index (χ4v) is 2.69. The van der Waals surface area contributed by atoms with Gasteiger partial charge in [-0.25, -0.2) is 8.42 Å². The lowest BCUT2D eigenvalue weighted by atomic mass is 10.3. The lowest BCUT2D eigenvalue weighted by Gasteiger charge is -2.19. The number of rotatable bonds is 8. The van der Waals surface area contributed by atoms with E-state index in [0.29, 0.717) is 32.0 Å². The Hall–Kier alpha value is -1.15. The first kappa shape index (κ1) is 16.9. The summed E-state index contributed by atoms with van der Waals surface area (Å²) in [5.74, 6) is 0.616. The third-order valence-electron chi connectivity index (χ3n) is 2.78. The minimum atomic E-state index is -3.45. The Bertz CT molecular complexity index is 500. The summed E-state index contributed by atoms with van der Waals surface area (Å²) in [7, 11) is 1.95. The van der Waals surface area contributed by atoms with E-state index < -0.39 is 10.0 Å². The molecule has 0 aromatic heterocycles. The largest absolute Gasteiger partial charge is 0.492 e. The molecular formula is C13H23N3O3S. The topological polar surface area (TPSA) is 75.9 Å². The third kappa shape index (κ3) is 4.75. The van der Waals surface area contributed by atoms with Gasteiger partial charge in [-0.15, -0.1) is 0 Å². The normalized spacial score (nSPS) is 12.1. The zero-order chi connectivity index (χ0) is 15.2. The van der Waals surface area contributed by atoms with Gasteiger partial charge in [-0.3, -0.25) is 0 Å². The van der Waals surface area contributed by atoms with Crippen molar-refractivity contribution in [3.63, 3.8) is 0 Å². The van der Waals surface area contributed by atoms with Gasteiger partial charge in [0.2, 0.25) is 10.0 Å². The number of nitrogens with zero attached hydrogens (tertiary/aromatic N) is 2. The average molecular weight is 301 g/mol. The number of nitrogens with two attached hydrogens (primary N) is 1. The van der Waals surface area contributed by atoms with Gasteiger partial charge in [0.05, 0.1) is 4.90 Å². The Balaban J connectivity index is 2.76. The molecule has 6 nitrogen and oxygen atoms in total. The first-order valence-corrected chi connectivity index (χ1v) is 7.86. The van der Waals surface area contributed by atoms with Crippen LogP contribution >= 0.6 is 0 Å². The average Bonchev–Trinajstić information content (AvgIpc) is 2.42. The summed E-state index contributed by atoms with van der Waals surface area (Å²) in [5.41, 5.74) is 5.34. The van der Waals surface area contributed by atoms with Crippen molar-refractivity contribution in [3.8, 4) is 5.75 Å². The molecule has 0 radical (unpaired) electrons. The zero-order valence-corrected chi connectivity index (χ0v) is 13.1. The lowest BCUT2D eigenvalue weighted by Crippen LogP contribution is -2.33. The molecular weight excluding hydrogens is 278 g/mol. The van der Waals surface area contributed by atoms with Crippen LogP contribution in [0.3, 0.4) is 0 Å². The summed E-state index contributed by atoms with van der Waals surface area (Å²) in [4.78, 5) is 2.20. The summed E-state index contributed by atoms with van der Waals surface area (Å²) in [6, 6.07) is 6.38. The van der Waals surface area contributed by atoms with Gasteiger partial charge in [-0.1, -0.05) is 0 Å². The summed E-state index contributed by atoms with van der Waals surface area (Å²) in [6.45, 7) is 1.95.